The summed E-state index contributed by atoms with van der Waals surface area (Å²) in [5.41, 5.74) is 1.56. The molecule has 1 aromatic heterocycles. The second-order valence-electron chi connectivity index (χ2n) is 6.69. The molecule has 0 atom stereocenters. The Morgan fingerprint density at radius 3 is 2.32 bits per heavy atom. The number of halogens is 3. The number of alkyl halides is 3. The monoisotopic (exact) mass is 391 g/mol. The smallest absolute Gasteiger partial charge is 0.335 e. The predicted octanol–water partition coefficient (Wildman–Crippen LogP) is 3.42. The molecule has 5 nitrogen and oxygen atoms in total. The molecule has 1 aliphatic rings. The number of para-hydroxylation sites is 1. The quantitative estimate of drug-likeness (QED) is 0.803. The van der Waals surface area contributed by atoms with Crippen LogP contribution >= 0.6 is 0 Å². The van der Waals surface area contributed by atoms with Crippen molar-refractivity contribution in [1.82, 2.24) is 9.88 Å². The van der Waals surface area contributed by atoms with E-state index in [4.69, 9.17) is 0 Å². The number of hydrogen-bond acceptors (Lipinski definition) is 3. The van der Waals surface area contributed by atoms with Gasteiger partial charge in [0, 0.05) is 37.1 Å². The van der Waals surface area contributed by atoms with Crippen molar-refractivity contribution in [2.24, 2.45) is 5.92 Å². The minimum absolute atomic E-state index is 0.0791. The fourth-order valence-corrected chi connectivity index (χ4v) is 3.31. The second-order valence-corrected chi connectivity index (χ2v) is 6.69. The minimum atomic E-state index is -4.88. The zero-order valence-corrected chi connectivity index (χ0v) is 15.1. The molecule has 2 aromatic rings. The van der Waals surface area contributed by atoms with Gasteiger partial charge in [0.15, 0.2) is 0 Å². The van der Waals surface area contributed by atoms with E-state index in [1.807, 2.05) is 36.4 Å². The van der Waals surface area contributed by atoms with E-state index in [0.29, 0.717) is 12.2 Å². The summed E-state index contributed by atoms with van der Waals surface area (Å²) < 4.78 is 37.8. The highest BCUT2D eigenvalue weighted by molar-refractivity contribution is 5.95. The largest absolute Gasteiger partial charge is 0.471 e. The lowest BCUT2D eigenvalue weighted by Crippen LogP contribution is -2.48. The van der Waals surface area contributed by atoms with Gasteiger partial charge in [-0.1, -0.05) is 24.3 Å². The number of aromatic nitrogens is 1. The van der Waals surface area contributed by atoms with Crippen LogP contribution in [-0.4, -0.2) is 41.0 Å². The summed E-state index contributed by atoms with van der Waals surface area (Å²) in [6, 6.07) is 12.8. The number of carbonyl (C=O) groups is 2. The molecule has 3 rings (SSSR count). The van der Waals surface area contributed by atoms with Crippen LogP contribution in [0.4, 0.5) is 18.9 Å². The first-order valence-electron chi connectivity index (χ1n) is 8.97. The van der Waals surface area contributed by atoms with Crippen LogP contribution in [-0.2, 0) is 16.1 Å². The lowest BCUT2D eigenvalue weighted by molar-refractivity contribution is -0.186. The number of anilines is 1. The van der Waals surface area contributed by atoms with Crippen molar-refractivity contribution in [2.45, 2.75) is 25.6 Å². The molecule has 2 amide bonds. The van der Waals surface area contributed by atoms with Crippen LogP contribution in [0.5, 0.6) is 0 Å². The molecule has 0 spiro atoms. The summed E-state index contributed by atoms with van der Waals surface area (Å²) in [5, 5.41) is 0. The van der Waals surface area contributed by atoms with Gasteiger partial charge in [0.2, 0.25) is 5.91 Å². The number of piperidine rings is 1. The van der Waals surface area contributed by atoms with Gasteiger partial charge in [0.05, 0.1) is 6.54 Å². The molecule has 0 radical (unpaired) electrons. The van der Waals surface area contributed by atoms with E-state index in [1.165, 1.54) is 0 Å². The lowest BCUT2D eigenvalue weighted by atomic mass is 9.94. The molecule has 1 fully saturated rings. The Kier molecular flexibility index (Phi) is 5.96. The molecule has 8 heteroatoms. The van der Waals surface area contributed by atoms with Crippen molar-refractivity contribution in [3.63, 3.8) is 0 Å². The van der Waals surface area contributed by atoms with E-state index < -0.39 is 18.0 Å². The van der Waals surface area contributed by atoms with Crippen LogP contribution in [0.3, 0.4) is 0 Å². The number of likely N-dealkylation sites (tertiary alicyclic amines) is 1. The Balaban J connectivity index is 1.73. The Hall–Kier alpha value is -2.90. The number of rotatable bonds is 4. The van der Waals surface area contributed by atoms with Crippen LogP contribution in [0.1, 0.15) is 18.4 Å². The average molecular weight is 391 g/mol. The SMILES string of the molecule is O=C(C1CCN(C(=O)C(F)(F)F)CC1)N(Cc1cccnc1)c1ccccc1. The summed E-state index contributed by atoms with van der Waals surface area (Å²) >= 11 is 0. The zero-order valence-electron chi connectivity index (χ0n) is 15.1. The number of carbonyl (C=O) groups excluding carboxylic acids is 2. The molecule has 28 heavy (non-hydrogen) atoms. The van der Waals surface area contributed by atoms with Gasteiger partial charge in [-0.3, -0.25) is 14.6 Å². The first-order valence-corrected chi connectivity index (χ1v) is 8.97. The Morgan fingerprint density at radius 2 is 1.75 bits per heavy atom. The van der Waals surface area contributed by atoms with Gasteiger partial charge < -0.3 is 9.80 Å². The second kappa shape index (κ2) is 8.41. The van der Waals surface area contributed by atoms with E-state index in [0.717, 1.165) is 10.5 Å². The maximum Gasteiger partial charge on any atom is 0.471 e. The molecule has 0 aliphatic carbocycles. The first kappa shape index (κ1) is 19.9. The van der Waals surface area contributed by atoms with E-state index in [1.54, 1.807) is 23.4 Å². The summed E-state index contributed by atoms with van der Waals surface area (Å²) in [7, 11) is 0. The van der Waals surface area contributed by atoms with Gasteiger partial charge in [-0.25, -0.2) is 0 Å². The Bertz CT molecular complexity index is 804. The van der Waals surface area contributed by atoms with Crippen molar-refractivity contribution in [3.8, 4) is 0 Å². The Morgan fingerprint density at radius 1 is 1.07 bits per heavy atom. The molecular formula is C20H20F3N3O2. The van der Waals surface area contributed by atoms with Crippen molar-refractivity contribution in [1.29, 1.82) is 0 Å². The molecule has 0 N–H and O–H groups in total. The van der Waals surface area contributed by atoms with Gasteiger partial charge in [-0.05, 0) is 36.6 Å². The highest BCUT2D eigenvalue weighted by Crippen LogP contribution is 2.27. The van der Waals surface area contributed by atoms with Crippen molar-refractivity contribution >= 4 is 17.5 Å². The molecule has 0 bridgehead atoms. The summed E-state index contributed by atoms with van der Waals surface area (Å²) in [5.74, 6) is -2.43. The third-order valence-electron chi connectivity index (χ3n) is 4.77. The van der Waals surface area contributed by atoms with Gasteiger partial charge in [-0.2, -0.15) is 13.2 Å². The minimum Gasteiger partial charge on any atom is -0.335 e. The van der Waals surface area contributed by atoms with E-state index in [2.05, 4.69) is 4.98 Å². The molecule has 148 valence electrons. The molecule has 2 heterocycles. The van der Waals surface area contributed by atoms with E-state index in [9.17, 15) is 22.8 Å². The number of hydrogen-bond donors (Lipinski definition) is 0. The molecule has 0 saturated carbocycles. The summed E-state index contributed by atoms with van der Waals surface area (Å²) in [6.07, 6.45) is -1.15. The first-order chi connectivity index (χ1) is 13.4. The highest BCUT2D eigenvalue weighted by atomic mass is 19.4. The maximum absolute atomic E-state index is 13.2. The molecule has 1 aliphatic heterocycles. The van der Waals surface area contributed by atoms with Gasteiger partial charge in [-0.15, -0.1) is 0 Å². The molecular weight excluding hydrogens is 371 g/mol. The third kappa shape index (κ3) is 4.68. The third-order valence-corrected chi connectivity index (χ3v) is 4.77. The average Bonchev–Trinajstić information content (AvgIpc) is 2.72. The van der Waals surface area contributed by atoms with Gasteiger partial charge in [0.1, 0.15) is 0 Å². The molecule has 1 saturated heterocycles. The standard InChI is InChI=1S/C20H20F3N3O2/c21-20(22,23)19(28)25-11-8-16(9-12-25)18(27)26(17-6-2-1-3-7-17)14-15-5-4-10-24-13-15/h1-7,10,13,16H,8-9,11-12,14H2. The Labute approximate surface area is 160 Å². The number of amides is 2. The van der Waals surface area contributed by atoms with E-state index in [-0.39, 0.29) is 31.8 Å². The van der Waals surface area contributed by atoms with Crippen molar-refractivity contribution in [2.75, 3.05) is 18.0 Å². The molecule has 1 aromatic carbocycles. The number of pyridine rings is 1. The van der Waals surface area contributed by atoms with E-state index >= 15 is 0 Å². The zero-order chi connectivity index (χ0) is 20.1. The summed E-state index contributed by atoms with van der Waals surface area (Å²) in [6.45, 7) is 0.160. The van der Waals surface area contributed by atoms with Crippen LogP contribution in [0.15, 0.2) is 54.9 Å². The normalized spacial score (nSPS) is 15.3. The molecule has 0 unspecified atom stereocenters. The fraction of sp³-hybridized carbons (Fsp3) is 0.350. The van der Waals surface area contributed by atoms with Crippen LogP contribution in [0, 0.1) is 5.92 Å². The number of nitrogens with zero attached hydrogens (tertiary/aromatic N) is 3. The fourth-order valence-electron chi connectivity index (χ4n) is 3.31. The number of benzene rings is 1. The van der Waals surface area contributed by atoms with Crippen LogP contribution in [0.25, 0.3) is 0 Å². The van der Waals surface area contributed by atoms with Gasteiger partial charge >= 0.3 is 12.1 Å². The van der Waals surface area contributed by atoms with Crippen LogP contribution < -0.4 is 4.90 Å². The lowest BCUT2D eigenvalue weighted by Gasteiger charge is -2.34. The predicted molar refractivity (Wildman–Crippen MR) is 97.2 cm³/mol. The van der Waals surface area contributed by atoms with Crippen LogP contribution in [0.2, 0.25) is 0 Å². The summed E-state index contributed by atoms with van der Waals surface area (Å²) in [4.78, 5) is 31.0. The van der Waals surface area contributed by atoms with Crippen molar-refractivity contribution < 1.29 is 22.8 Å². The van der Waals surface area contributed by atoms with Crippen molar-refractivity contribution in [3.05, 3.63) is 60.4 Å². The van der Waals surface area contributed by atoms with Gasteiger partial charge in [0.25, 0.3) is 0 Å². The topological polar surface area (TPSA) is 53.5 Å². The maximum atomic E-state index is 13.2. The highest BCUT2D eigenvalue weighted by Gasteiger charge is 2.44.